The normalized spacial score (nSPS) is 22.7. The summed E-state index contributed by atoms with van der Waals surface area (Å²) >= 11 is 6.76. The Hall–Kier alpha value is -4.23. The van der Waals surface area contributed by atoms with Gasteiger partial charge in [0.2, 0.25) is 11.6 Å². The molecule has 54 heavy (non-hydrogen) atoms. The first-order chi connectivity index (χ1) is 26.2. The number of rotatable bonds is 17. The lowest BCUT2D eigenvalue weighted by Crippen LogP contribution is -2.71. The average Bonchev–Trinajstić information content (AvgIpc) is 3.20. The van der Waals surface area contributed by atoms with Gasteiger partial charge < -0.3 is 38.6 Å². The minimum absolute atomic E-state index is 0.0742. The monoisotopic (exact) mass is 760 g/mol. The molecule has 1 heterocycles. The van der Waals surface area contributed by atoms with E-state index in [4.69, 9.17) is 40.0 Å². The van der Waals surface area contributed by atoms with Crippen molar-refractivity contribution in [2.75, 3.05) is 20.3 Å². The Morgan fingerprint density at radius 3 is 1.76 bits per heavy atom. The van der Waals surface area contributed by atoms with Crippen molar-refractivity contribution in [3.05, 3.63) is 172 Å². The quantitative estimate of drug-likeness (QED) is 0.0991. The smallest absolute Gasteiger partial charge is 0.272 e. The molecular weight excluding hydrogens is 718 g/mol. The molecule has 5 aromatic rings. The van der Waals surface area contributed by atoms with Crippen LogP contribution in [0.15, 0.2) is 133 Å². The van der Waals surface area contributed by atoms with E-state index in [1.807, 2.05) is 91.0 Å². The highest BCUT2D eigenvalue weighted by Crippen LogP contribution is 2.47. The van der Waals surface area contributed by atoms with Crippen molar-refractivity contribution in [1.82, 2.24) is 0 Å². The molecule has 0 radical (unpaired) electrons. The molecule has 2 N–H and O–H groups in total. The van der Waals surface area contributed by atoms with Gasteiger partial charge in [-0.1, -0.05) is 121 Å². The van der Waals surface area contributed by atoms with Crippen molar-refractivity contribution in [3.63, 3.8) is 0 Å². The summed E-state index contributed by atoms with van der Waals surface area (Å²) in [5, 5.41) is 23.6. The molecule has 1 aliphatic heterocycles. The van der Waals surface area contributed by atoms with Crippen molar-refractivity contribution in [2.24, 2.45) is 0 Å². The second kappa shape index (κ2) is 18.4. The minimum Gasteiger partial charge on any atom is -0.488 e. The summed E-state index contributed by atoms with van der Waals surface area (Å²) in [6, 6.07) is 40.5. The molecule has 1 saturated heterocycles. The summed E-state index contributed by atoms with van der Waals surface area (Å²) in [5.41, 5.74) is 4.50. The van der Waals surface area contributed by atoms with Crippen LogP contribution >= 0.6 is 11.6 Å². The molecule has 0 aromatic heterocycles. The van der Waals surface area contributed by atoms with Gasteiger partial charge in [-0.25, -0.2) is 8.78 Å². The average molecular weight is 761 g/mol. The maximum Gasteiger partial charge on any atom is 0.272 e. The van der Waals surface area contributed by atoms with E-state index in [0.717, 1.165) is 22.3 Å². The number of benzene rings is 5. The van der Waals surface area contributed by atoms with Gasteiger partial charge in [-0.3, -0.25) is 0 Å². The number of halogens is 3. The molecule has 5 aromatic carbocycles. The Balaban J connectivity index is 1.41. The number of ether oxygens (including phenoxy) is 6. The predicted molar refractivity (Wildman–Crippen MR) is 199 cm³/mol. The predicted octanol–water partition coefficient (Wildman–Crippen LogP) is 7.84. The third-order valence-corrected chi connectivity index (χ3v) is 9.61. The summed E-state index contributed by atoms with van der Waals surface area (Å²) in [5.74, 6) is -3.89. The number of aliphatic hydroxyl groups excluding tert-OH is 1. The fourth-order valence-electron chi connectivity index (χ4n) is 6.53. The zero-order valence-corrected chi connectivity index (χ0v) is 30.5. The lowest BCUT2D eigenvalue weighted by Gasteiger charge is -2.54. The van der Waals surface area contributed by atoms with Crippen LogP contribution in [0.25, 0.3) is 0 Å². The Morgan fingerprint density at radius 1 is 0.704 bits per heavy atom. The SMILES string of the molecule is CO[C@@]1(c2ccc(Cl)c(Cc3ccc(OCC(F)F)cc3)c2)O[C@](O)(CO)[C@@H](OCc2ccccc2)[C@H](OCc2ccccc2)[C@H]1OCc1ccccc1. The molecule has 0 amide bonds. The van der Waals surface area contributed by atoms with E-state index in [1.54, 1.807) is 42.5 Å². The summed E-state index contributed by atoms with van der Waals surface area (Å²) < 4.78 is 63.2. The summed E-state index contributed by atoms with van der Waals surface area (Å²) in [6.07, 6.45) is -5.65. The maximum atomic E-state index is 12.7. The van der Waals surface area contributed by atoms with Crippen molar-refractivity contribution < 1.29 is 47.4 Å². The van der Waals surface area contributed by atoms with Gasteiger partial charge in [0.15, 0.2) is 0 Å². The van der Waals surface area contributed by atoms with Crippen molar-refractivity contribution >= 4 is 11.6 Å². The molecule has 8 nitrogen and oxygen atoms in total. The van der Waals surface area contributed by atoms with Crippen molar-refractivity contribution in [2.45, 2.75) is 62.6 Å². The van der Waals surface area contributed by atoms with Gasteiger partial charge in [0, 0.05) is 17.7 Å². The first kappa shape index (κ1) is 39.5. The number of methoxy groups -OCH3 is 1. The van der Waals surface area contributed by atoms with E-state index < -0.39 is 49.5 Å². The van der Waals surface area contributed by atoms with Gasteiger partial charge in [-0.2, -0.15) is 0 Å². The van der Waals surface area contributed by atoms with E-state index in [1.165, 1.54) is 7.11 Å². The third-order valence-electron chi connectivity index (χ3n) is 9.25. The second-order valence-corrected chi connectivity index (χ2v) is 13.4. The molecule has 0 bridgehead atoms. The van der Waals surface area contributed by atoms with Crippen LogP contribution in [-0.4, -0.2) is 61.1 Å². The Labute approximate surface area is 318 Å². The van der Waals surface area contributed by atoms with E-state index in [0.29, 0.717) is 28.3 Å². The molecular formula is C43H43ClF2O8. The lowest BCUT2D eigenvalue weighted by molar-refractivity contribution is -0.457. The van der Waals surface area contributed by atoms with Crippen molar-refractivity contribution in [3.8, 4) is 5.75 Å². The van der Waals surface area contributed by atoms with Crippen LogP contribution in [-0.2, 0) is 55.7 Å². The van der Waals surface area contributed by atoms with Gasteiger partial charge in [0.1, 0.15) is 30.7 Å². The molecule has 0 spiro atoms. The van der Waals surface area contributed by atoms with Crippen LogP contribution in [0.4, 0.5) is 8.78 Å². The first-order valence-electron chi connectivity index (χ1n) is 17.6. The molecule has 0 aliphatic carbocycles. The molecule has 0 unspecified atom stereocenters. The number of aliphatic hydroxyl groups is 2. The Morgan fingerprint density at radius 2 is 1.24 bits per heavy atom. The summed E-state index contributed by atoms with van der Waals surface area (Å²) in [7, 11) is 1.43. The molecule has 5 atom stereocenters. The number of hydrogen-bond donors (Lipinski definition) is 2. The van der Waals surface area contributed by atoms with Crippen LogP contribution < -0.4 is 4.74 Å². The van der Waals surface area contributed by atoms with Gasteiger partial charge in [-0.15, -0.1) is 0 Å². The van der Waals surface area contributed by atoms with E-state index >= 15 is 0 Å². The van der Waals surface area contributed by atoms with Gasteiger partial charge in [-0.05, 0) is 58.5 Å². The largest absolute Gasteiger partial charge is 0.488 e. The highest BCUT2D eigenvalue weighted by molar-refractivity contribution is 6.31. The molecule has 11 heteroatoms. The molecule has 6 rings (SSSR count). The van der Waals surface area contributed by atoms with Crippen LogP contribution in [0, 0.1) is 0 Å². The molecule has 284 valence electrons. The number of hydrogen-bond acceptors (Lipinski definition) is 8. The Kier molecular flexibility index (Phi) is 13.4. The molecule has 1 fully saturated rings. The van der Waals surface area contributed by atoms with Crippen LogP contribution in [0.1, 0.15) is 33.4 Å². The van der Waals surface area contributed by atoms with E-state index in [9.17, 15) is 19.0 Å². The zero-order valence-electron chi connectivity index (χ0n) is 29.7. The highest BCUT2D eigenvalue weighted by Gasteiger charge is 2.64. The maximum absolute atomic E-state index is 12.7. The topological polar surface area (TPSA) is 95.8 Å². The summed E-state index contributed by atoms with van der Waals surface area (Å²) in [6.45, 7) is -1.26. The van der Waals surface area contributed by atoms with Crippen LogP contribution in [0.5, 0.6) is 5.75 Å². The minimum atomic E-state index is -2.58. The van der Waals surface area contributed by atoms with Crippen LogP contribution in [0.2, 0.25) is 5.02 Å². The third kappa shape index (κ3) is 9.52. The first-order valence-corrected chi connectivity index (χ1v) is 17.9. The lowest BCUT2D eigenvalue weighted by atomic mass is 9.84. The van der Waals surface area contributed by atoms with Gasteiger partial charge in [0.25, 0.3) is 6.43 Å². The van der Waals surface area contributed by atoms with E-state index in [2.05, 4.69) is 0 Å². The van der Waals surface area contributed by atoms with Crippen LogP contribution in [0.3, 0.4) is 0 Å². The van der Waals surface area contributed by atoms with Gasteiger partial charge in [0.05, 0.1) is 26.4 Å². The molecule has 0 saturated carbocycles. The second-order valence-electron chi connectivity index (χ2n) is 13.0. The fourth-order valence-corrected chi connectivity index (χ4v) is 6.72. The van der Waals surface area contributed by atoms with Crippen molar-refractivity contribution in [1.29, 1.82) is 0 Å². The Bertz CT molecular complexity index is 1890. The zero-order chi connectivity index (χ0) is 38.0. The van der Waals surface area contributed by atoms with Gasteiger partial charge >= 0.3 is 0 Å². The van der Waals surface area contributed by atoms with E-state index in [-0.39, 0.29) is 19.8 Å². The highest BCUT2D eigenvalue weighted by atomic mass is 35.5. The standard InChI is InChI=1S/C43H43ClF2O8/c1-49-43(35-19-22-37(44)34(24-35)23-30-17-20-36(21-18-30)50-28-38(45)46)41(53-27-33-15-9-4-10-16-33)39(51-25-31-11-5-2-6-12-31)40(42(48,29-47)54-43)52-26-32-13-7-3-8-14-32/h2-22,24,38-41,47-48H,23,25-29H2,1H3/t39-,40-,41+,42+,43-/m0/s1. The fraction of sp³-hybridized carbons (Fsp3) is 0.302. The molecule has 1 aliphatic rings. The summed E-state index contributed by atoms with van der Waals surface area (Å²) in [4.78, 5) is 0. The number of alkyl halides is 2.